The van der Waals surface area contributed by atoms with E-state index in [9.17, 15) is 4.79 Å². The molecule has 0 bridgehead atoms. The second kappa shape index (κ2) is 6.94. The Balaban J connectivity index is 1.70. The number of hydrogen-bond donors (Lipinski definition) is 0. The number of thiocarbonyl (C=S) groups is 1. The van der Waals surface area contributed by atoms with Crippen LogP contribution in [0.4, 0.5) is 5.69 Å². The standard InChI is InChI=1S/C20H20N2O2S/c23-19-18(15-8-3-1-4-9-15)21(14-17-12-7-13-24-17)20(25)22(19)16-10-5-2-6-11-16/h1-6,8-11,17-18H,7,12-14H2/t17-,18-/m1/s1. The van der Waals surface area contributed by atoms with E-state index in [1.165, 1.54) is 0 Å². The van der Waals surface area contributed by atoms with Crippen molar-refractivity contribution < 1.29 is 9.53 Å². The maximum atomic E-state index is 13.3. The average molecular weight is 352 g/mol. The fourth-order valence-electron chi connectivity index (χ4n) is 3.55. The molecule has 0 aromatic heterocycles. The van der Waals surface area contributed by atoms with E-state index in [1.807, 2.05) is 65.6 Å². The predicted molar refractivity (Wildman–Crippen MR) is 101 cm³/mol. The van der Waals surface area contributed by atoms with Gasteiger partial charge in [-0.3, -0.25) is 9.69 Å². The van der Waals surface area contributed by atoms with Crippen LogP contribution in [0.15, 0.2) is 60.7 Å². The highest BCUT2D eigenvalue weighted by atomic mass is 32.1. The van der Waals surface area contributed by atoms with Crippen LogP contribution in [0.1, 0.15) is 24.4 Å². The lowest BCUT2D eigenvalue weighted by atomic mass is 10.1. The Kier molecular flexibility index (Phi) is 4.51. The van der Waals surface area contributed by atoms with Crippen LogP contribution in [0.2, 0.25) is 0 Å². The number of benzene rings is 2. The van der Waals surface area contributed by atoms with Crippen molar-refractivity contribution in [1.82, 2.24) is 4.90 Å². The van der Waals surface area contributed by atoms with Gasteiger partial charge >= 0.3 is 0 Å². The van der Waals surface area contributed by atoms with Gasteiger partial charge in [0.1, 0.15) is 6.04 Å². The number of anilines is 1. The van der Waals surface area contributed by atoms with Gasteiger partial charge in [-0.2, -0.15) is 0 Å². The number of amides is 1. The van der Waals surface area contributed by atoms with Gasteiger partial charge < -0.3 is 9.64 Å². The molecule has 4 rings (SSSR count). The van der Waals surface area contributed by atoms with Crippen LogP contribution < -0.4 is 4.90 Å². The third-order valence-corrected chi connectivity index (χ3v) is 5.17. The summed E-state index contributed by atoms with van der Waals surface area (Å²) in [6, 6.07) is 19.1. The van der Waals surface area contributed by atoms with Crippen molar-refractivity contribution in [2.75, 3.05) is 18.1 Å². The van der Waals surface area contributed by atoms with Crippen LogP contribution in [0.5, 0.6) is 0 Å². The molecule has 2 aromatic rings. The molecule has 2 atom stereocenters. The second-order valence-corrected chi connectivity index (χ2v) is 6.76. The van der Waals surface area contributed by atoms with E-state index in [0.29, 0.717) is 11.7 Å². The Morgan fingerprint density at radius 1 is 1.04 bits per heavy atom. The smallest absolute Gasteiger partial charge is 0.260 e. The molecule has 2 fully saturated rings. The molecule has 0 saturated carbocycles. The monoisotopic (exact) mass is 352 g/mol. The largest absolute Gasteiger partial charge is 0.376 e. The number of ether oxygens (including phenoxy) is 1. The van der Waals surface area contributed by atoms with Crippen molar-refractivity contribution in [3.63, 3.8) is 0 Å². The third-order valence-electron chi connectivity index (χ3n) is 4.76. The summed E-state index contributed by atoms with van der Waals surface area (Å²) in [4.78, 5) is 16.9. The van der Waals surface area contributed by atoms with E-state index in [4.69, 9.17) is 17.0 Å². The van der Waals surface area contributed by atoms with E-state index >= 15 is 0 Å². The summed E-state index contributed by atoms with van der Waals surface area (Å²) in [6.07, 6.45) is 2.21. The zero-order valence-electron chi connectivity index (χ0n) is 13.9. The Bertz CT molecular complexity index is 760. The lowest BCUT2D eigenvalue weighted by molar-refractivity contribution is -0.120. The molecule has 0 spiro atoms. The number of carbonyl (C=O) groups excluding carboxylic acids is 1. The van der Waals surface area contributed by atoms with Crippen molar-refractivity contribution >= 4 is 28.9 Å². The summed E-state index contributed by atoms with van der Waals surface area (Å²) >= 11 is 5.71. The highest BCUT2D eigenvalue weighted by Gasteiger charge is 2.44. The molecule has 5 heteroatoms. The summed E-state index contributed by atoms with van der Waals surface area (Å²) in [7, 11) is 0. The molecule has 128 valence electrons. The van der Waals surface area contributed by atoms with Gasteiger partial charge in [0.2, 0.25) is 0 Å². The topological polar surface area (TPSA) is 32.8 Å². The van der Waals surface area contributed by atoms with Crippen molar-refractivity contribution in [1.29, 1.82) is 0 Å². The van der Waals surface area contributed by atoms with Crippen molar-refractivity contribution in [3.05, 3.63) is 66.2 Å². The SMILES string of the molecule is O=C1[C@@H](c2ccccc2)N(C[C@H]2CCCO2)C(=S)N1c1ccccc1. The molecule has 1 amide bonds. The Morgan fingerprint density at radius 2 is 1.72 bits per heavy atom. The molecule has 0 radical (unpaired) electrons. The van der Waals surface area contributed by atoms with Crippen LogP contribution in [-0.4, -0.2) is 35.2 Å². The fourth-order valence-corrected chi connectivity index (χ4v) is 3.93. The molecule has 4 nitrogen and oxygen atoms in total. The van der Waals surface area contributed by atoms with E-state index in [-0.39, 0.29) is 12.0 Å². The van der Waals surface area contributed by atoms with E-state index in [2.05, 4.69) is 0 Å². The zero-order valence-corrected chi connectivity index (χ0v) is 14.7. The van der Waals surface area contributed by atoms with Crippen LogP contribution in [0.25, 0.3) is 0 Å². The highest BCUT2D eigenvalue weighted by Crippen LogP contribution is 2.35. The van der Waals surface area contributed by atoms with Gasteiger partial charge in [-0.1, -0.05) is 48.5 Å². The summed E-state index contributed by atoms with van der Waals surface area (Å²) < 4.78 is 5.79. The van der Waals surface area contributed by atoms with Gasteiger partial charge in [0.05, 0.1) is 11.8 Å². The summed E-state index contributed by atoms with van der Waals surface area (Å²) in [5, 5.41) is 0.556. The minimum Gasteiger partial charge on any atom is -0.376 e. The first-order chi connectivity index (χ1) is 12.3. The molecular weight excluding hydrogens is 332 g/mol. The van der Waals surface area contributed by atoms with Crippen LogP contribution in [0.3, 0.4) is 0 Å². The molecular formula is C20H20N2O2S. The van der Waals surface area contributed by atoms with Gasteiger partial charge in [0, 0.05) is 13.2 Å². The maximum absolute atomic E-state index is 13.3. The lowest BCUT2D eigenvalue weighted by Gasteiger charge is -2.26. The molecule has 2 heterocycles. The zero-order chi connectivity index (χ0) is 17.2. The maximum Gasteiger partial charge on any atom is 0.260 e. The van der Waals surface area contributed by atoms with Crippen molar-refractivity contribution in [2.45, 2.75) is 25.0 Å². The molecule has 2 aliphatic rings. The number of carbonyl (C=O) groups is 1. The molecule has 0 unspecified atom stereocenters. The molecule has 2 aliphatic heterocycles. The van der Waals surface area contributed by atoms with Crippen LogP contribution >= 0.6 is 12.2 Å². The molecule has 0 N–H and O–H groups in total. The Hall–Kier alpha value is -2.24. The van der Waals surface area contributed by atoms with E-state index in [1.54, 1.807) is 4.90 Å². The minimum atomic E-state index is -0.391. The molecule has 0 aliphatic carbocycles. The predicted octanol–water partition coefficient (Wildman–Crippen LogP) is 3.54. The number of hydrogen-bond acceptors (Lipinski definition) is 3. The van der Waals surface area contributed by atoms with Crippen molar-refractivity contribution in [3.8, 4) is 0 Å². The van der Waals surface area contributed by atoms with Gasteiger partial charge in [-0.25, -0.2) is 0 Å². The van der Waals surface area contributed by atoms with Crippen molar-refractivity contribution in [2.24, 2.45) is 0 Å². The van der Waals surface area contributed by atoms with E-state index in [0.717, 1.165) is 30.7 Å². The average Bonchev–Trinajstić information content (AvgIpc) is 3.24. The first-order valence-corrected chi connectivity index (χ1v) is 9.02. The molecule has 2 saturated heterocycles. The van der Waals surface area contributed by atoms with Gasteiger partial charge in [0.25, 0.3) is 5.91 Å². The minimum absolute atomic E-state index is 0.000368. The van der Waals surface area contributed by atoms with Gasteiger partial charge in [-0.05, 0) is 42.8 Å². The van der Waals surface area contributed by atoms with Crippen LogP contribution in [-0.2, 0) is 9.53 Å². The number of rotatable bonds is 4. The second-order valence-electron chi connectivity index (χ2n) is 6.39. The summed E-state index contributed by atoms with van der Waals surface area (Å²) in [6.45, 7) is 1.44. The summed E-state index contributed by atoms with van der Waals surface area (Å²) in [5.41, 5.74) is 1.78. The van der Waals surface area contributed by atoms with E-state index < -0.39 is 6.04 Å². The van der Waals surface area contributed by atoms with Gasteiger partial charge in [0.15, 0.2) is 5.11 Å². The molecule has 25 heavy (non-hydrogen) atoms. The molecule has 2 aromatic carbocycles. The summed E-state index contributed by atoms with van der Waals surface area (Å²) in [5.74, 6) is 0.000368. The number of nitrogens with zero attached hydrogens (tertiary/aromatic N) is 2. The van der Waals surface area contributed by atoms with Gasteiger partial charge in [-0.15, -0.1) is 0 Å². The first-order valence-electron chi connectivity index (χ1n) is 8.62. The lowest BCUT2D eigenvalue weighted by Crippen LogP contribution is -2.37. The normalized spacial score (nSPS) is 23.5. The number of para-hydroxylation sites is 1. The highest BCUT2D eigenvalue weighted by molar-refractivity contribution is 7.80. The quantitative estimate of drug-likeness (QED) is 0.788. The fraction of sp³-hybridized carbons (Fsp3) is 0.300. The Morgan fingerprint density at radius 3 is 2.36 bits per heavy atom. The Labute approximate surface area is 153 Å². The third kappa shape index (κ3) is 3.05. The first kappa shape index (κ1) is 16.2. The van der Waals surface area contributed by atoms with Crippen LogP contribution in [0, 0.1) is 0 Å².